The third kappa shape index (κ3) is 17.0. The van der Waals surface area contributed by atoms with Crippen LogP contribution in [0.15, 0.2) is 17.1 Å². The summed E-state index contributed by atoms with van der Waals surface area (Å²) in [5.74, 6) is 0.228. The van der Waals surface area contributed by atoms with Gasteiger partial charge in [-0.25, -0.2) is 4.79 Å². The summed E-state index contributed by atoms with van der Waals surface area (Å²) in [6.45, 7) is 8.49. The first-order valence-corrected chi connectivity index (χ1v) is 12.1. The molecule has 0 atom stereocenters. The Hall–Kier alpha value is -1.85. The molecule has 0 saturated heterocycles. The molecule has 0 radical (unpaired) electrons. The predicted octanol–water partition coefficient (Wildman–Crippen LogP) is 6.02. The number of nitrogens with two attached hydrogens (primary N) is 1. The standard InChI is InChI=1S/C24H47N5O/c1-4-7-13-17-22(25)18-14-11-10-12-16-21-29(20-15-8-5-2)24(30)28-23(26)27-19-9-6-3/h4,7,25H,5-6,8-21H2,1-3H3,(H3,26,27,28,30)/b7-4+,25-22?. The molecule has 0 aliphatic heterocycles. The lowest BCUT2D eigenvalue weighted by atomic mass is 10.1. The van der Waals surface area contributed by atoms with Gasteiger partial charge in [0.25, 0.3) is 0 Å². The van der Waals surface area contributed by atoms with Crippen molar-refractivity contribution in [2.24, 2.45) is 10.7 Å². The molecular formula is C24H47N5O. The highest BCUT2D eigenvalue weighted by Gasteiger charge is 2.13. The van der Waals surface area contributed by atoms with Crippen molar-refractivity contribution in [3.8, 4) is 0 Å². The van der Waals surface area contributed by atoms with Crippen molar-refractivity contribution in [2.45, 2.75) is 104 Å². The first-order valence-electron chi connectivity index (χ1n) is 12.1. The first-order chi connectivity index (χ1) is 14.5. The summed E-state index contributed by atoms with van der Waals surface area (Å²) in [6, 6.07) is -0.126. The molecule has 0 rings (SSSR count). The van der Waals surface area contributed by atoms with Gasteiger partial charge in [0.05, 0.1) is 0 Å². The highest BCUT2D eigenvalue weighted by Crippen LogP contribution is 2.09. The number of hydrogen-bond donors (Lipinski definition) is 3. The largest absolute Gasteiger partial charge is 0.370 e. The second-order valence-corrected chi connectivity index (χ2v) is 7.97. The molecule has 0 aliphatic carbocycles. The van der Waals surface area contributed by atoms with Gasteiger partial charge in [-0.3, -0.25) is 10.3 Å². The van der Waals surface area contributed by atoms with Crippen LogP contribution in [0.25, 0.3) is 0 Å². The zero-order valence-corrected chi connectivity index (χ0v) is 19.8. The molecule has 0 aliphatic rings. The molecule has 2 amide bonds. The number of nitrogens with one attached hydrogen (secondary N) is 2. The van der Waals surface area contributed by atoms with E-state index in [0.29, 0.717) is 6.54 Å². The zero-order valence-electron chi connectivity index (χ0n) is 19.8. The molecule has 0 unspecified atom stereocenters. The molecule has 6 nitrogen and oxygen atoms in total. The number of urea groups is 1. The van der Waals surface area contributed by atoms with Crippen LogP contribution < -0.4 is 11.1 Å². The molecule has 4 N–H and O–H groups in total. The fraction of sp³-hybridized carbons (Fsp3) is 0.792. The van der Waals surface area contributed by atoms with Gasteiger partial charge in [-0.2, -0.15) is 0 Å². The predicted molar refractivity (Wildman–Crippen MR) is 131 cm³/mol. The van der Waals surface area contributed by atoms with E-state index in [4.69, 9.17) is 11.1 Å². The van der Waals surface area contributed by atoms with Gasteiger partial charge in [0.15, 0.2) is 5.96 Å². The Morgan fingerprint density at radius 3 is 2.27 bits per heavy atom. The van der Waals surface area contributed by atoms with Crippen LogP contribution in [0, 0.1) is 5.41 Å². The molecule has 0 bridgehead atoms. The van der Waals surface area contributed by atoms with E-state index in [1.165, 1.54) is 0 Å². The zero-order chi connectivity index (χ0) is 22.5. The summed E-state index contributed by atoms with van der Waals surface area (Å²) in [5, 5.41) is 10.7. The first kappa shape index (κ1) is 28.1. The van der Waals surface area contributed by atoms with Gasteiger partial charge in [0.1, 0.15) is 0 Å². The molecule has 30 heavy (non-hydrogen) atoms. The number of amides is 2. The summed E-state index contributed by atoms with van der Waals surface area (Å²) in [6.07, 6.45) is 17.8. The van der Waals surface area contributed by atoms with E-state index < -0.39 is 0 Å². The van der Waals surface area contributed by atoms with Crippen molar-refractivity contribution < 1.29 is 4.79 Å². The summed E-state index contributed by atoms with van der Waals surface area (Å²) in [7, 11) is 0. The van der Waals surface area contributed by atoms with E-state index in [0.717, 1.165) is 102 Å². The summed E-state index contributed by atoms with van der Waals surface area (Å²) < 4.78 is 0. The molecule has 0 aromatic carbocycles. The van der Waals surface area contributed by atoms with Crippen LogP contribution in [-0.4, -0.2) is 42.2 Å². The number of unbranched alkanes of at least 4 members (excludes halogenated alkanes) is 7. The lowest BCUT2D eigenvalue weighted by Gasteiger charge is -2.23. The Morgan fingerprint density at radius 1 is 0.967 bits per heavy atom. The second-order valence-electron chi connectivity index (χ2n) is 7.97. The van der Waals surface area contributed by atoms with Crippen LogP contribution in [0.3, 0.4) is 0 Å². The molecule has 0 fully saturated rings. The van der Waals surface area contributed by atoms with Crippen molar-refractivity contribution in [3.05, 3.63) is 12.2 Å². The third-order valence-electron chi connectivity index (χ3n) is 5.10. The number of carbonyl (C=O) groups is 1. The Kier molecular flexibility index (Phi) is 19.2. The minimum Gasteiger partial charge on any atom is -0.370 e. The highest BCUT2D eigenvalue weighted by molar-refractivity contribution is 5.95. The summed E-state index contributed by atoms with van der Waals surface area (Å²) >= 11 is 0. The fourth-order valence-electron chi connectivity index (χ4n) is 3.17. The second kappa shape index (κ2) is 20.4. The number of nitrogens with zero attached hydrogens (tertiary/aromatic N) is 2. The fourth-order valence-corrected chi connectivity index (χ4v) is 3.17. The van der Waals surface area contributed by atoms with Crippen molar-refractivity contribution >= 4 is 17.7 Å². The average molecular weight is 422 g/mol. The Balaban J connectivity index is 4.14. The van der Waals surface area contributed by atoms with Gasteiger partial charge in [-0.05, 0) is 51.9 Å². The van der Waals surface area contributed by atoms with Crippen molar-refractivity contribution in [2.75, 3.05) is 19.6 Å². The number of aliphatic imine (C=N–C) groups is 1. The van der Waals surface area contributed by atoms with Crippen molar-refractivity contribution in [3.63, 3.8) is 0 Å². The quantitative estimate of drug-likeness (QED) is 0.109. The monoisotopic (exact) mass is 421 g/mol. The van der Waals surface area contributed by atoms with E-state index in [9.17, 15) is 4.79 Å². The number of hydrogen-bond acceptors (Lipinski definition) is 3. The number of allylic oxidation sites excluding steroid dienone is 2. The Bertz CT molecular complexity index is 502. The molecular weight excluding hydrogens is 374 g/mol. The van der Waals surface area contributed by atoms with Gasteiger partial charge in [0, 0.05) is 25.3 Å². The molecule has 0 saturated carbocycles. The average Bonchev–Trinajstić information content (AvgIpc) is 2.72. The summed E-state index contributed by atoms with van der Waals surface area (Å²) in [5.41, 5.74) is 6.72. The topological polar surface area (TPSA) is 94.6 Å². The third-order valence-corrected chi connectivity index (χ3v) is 5.10. The molecule has 174 valence electrons. The number of rotatable bonds is 18. The van der Waals surface area contributed by atoms with Crippen molar-refractivity contribution in [1.29, 1.82) is 5.41 Å². The van der Waals surface area contributed by atoms with Crippen molar-refractivity contribution in [1.82, 2.24) is 10.2 Å². The molecule has 0 aromatic heterocycles. The normalized spacial score (nSPS) is 11.8. The van der Waals surface area contributed by atoms with Gasteiger partial charge in [-0.1, -0.05) is 64.5 Å². The maximum absolute atomic E-state index is 12.6. The molecule has 0 spiro atoms. The lowest BCUT2D eigenvalue weighted by Crippen LogP contribution is -2.46. The van der Waals surface area contributed by atoms with E-state index in [1.807, 2.05) is 17.9 Å². The van der Waals surface area contributed by atoms with Crippen LogP contribution >= 0.6 is 0 Å². The van der Waals surface area contributed by atoms with Crippen LogP contribution in [0.5, 0.6) is 0 Å². The lowest BCUT2D eigenvalue weighted by molar-refractivity contribution is 0.200. The van der Waals surface area contributed by atoms with Crippen LogP contribution in [-0.2, 0) is 0 Å². The summed E-state index contributed by atoms with van der Waals surface area (Å²) in [4.78, 5) is 18.7. The van der Waals surface area contributed by atoms with Crippen LogP contribution in [0.4, 0.5) is 4.79 Å². The van der Waals surface area contributed by atoms with E-state index in [-0.39, 0.29) is 12.0 Å². The molecule has 6 heteroatoms. The highest BCUT2D eigenvalue weighted by atomic mass is 16.2. The SMILES string of the molecule is C/C=C/CCC(=N)CCCCCCCN(CCCCC)C(=O)NC(N)=NCCCC. The van der Waals surface area contributed by atoms with Gasteiger partial charge in [0.2, 0.25) is 0 Å². The Labute approximate surface area is 185 Å². The maximum Gasteiger partial charge on any atom is 0.324 e. The van der Waals surface area contributed by atoms with E-state index >= 15 is 0 Å². The van der Waals surface area contributed by atoms with Crippen LogP contribution in [0.2, 0.25) is 0 Å². The van der Waals surface area contributed by atoms with E-state index in [2.05, 4.69) is 30.2 Å². The van der Waals surface area contributed by atoms with Gasteiger partial charge in [-0.15, -0.1) is 0 Å². The van der Waals surface area contributed by atoms with E-state index in [1.54, 1.807) is 0 Å². The number of guanidine groups is 1. The van der Waals surface area contributed by atoms with Crippen LogP contribution in [0.1, 0.15) is 104 Å². The smallest absolute Gasteiger partial charge is 0.324 e. The minimum absolute atomic E-state index is 0.126. The maximum atomic E-state index is 12.6. The minimum atomic E-state index is -0.126. The number of carbonyl (C=O) groups excluding carboxylic acids is 1. The molecule has 0 aromatic rings. The molecule has 0 heterocycles. The van der Waals surface area contributed by atoms with Gasteiger partial charge >= 0.3 is 6.03 Å². The Morgan fingerprint density at radius 2 is 1.60 bits per heavy atom. The van der Waals surface area contributed by atoms with Gasteiger partial charge < -0.3 is 16.0 Å².